The highest BCUT2D eigenvalue weighted by Gasteiger charge is 2.17. The molecule has 1 aromatic heterocycles. The van der Waals surface area contributed by atoms with Gasteiger partial charge in [-0.3, -0.25) is 9.63 Å². The molecule has 1 heterocycles. The number of aromatic nitrogens is 1. The third-order valence-corrected chi connectivity index (χ3v) is 3.35. The summed E-state index contributed by atoms with van der Waals surface area (Å²) in [6, 6.07) is 3.51. The molecule has 6 heteroatoms. The van der Waals surface area contributed by atoms with Crippen LogP contribution in [0.15, 0.2) is 18.3 Å². The van der Waals surface area contributed by atoms with E-state index >= 15 is 0 Å². The number of anilines is 1. The topological polar surface area (TPSA) is 54.5 Å². The molecule has 0 spiro atoms. The Labute approximate surface area is 117 Å². The summed E-state index contributed by atoms with van der Waals surface area (Å²) >= 11 is 5.76. The first-order valence-corrected chi connectivity index (χ1v) is 6.80. The maximum absolute atomic E-state index is 11.7. The first-order chi connectivity index (χ1) is 9.15. The van der Waals surface area contributed by atoms with Gasteiger partial charge in [-0.2, -0.15) is 0 Å². The number of nitrogens with one attached hydrogen (secondary N) is 1. The number of halogens is 1. The van der Waals surface area contributed by atoms with Crippen LogP contribution in [0, 0.1) is 0 Å². The summed E-state index contributed by atoms with van der Waals surface area (Å²) in [5.74, 6) is 0.520. The van der Waals surface area contributed by atoms with Gasteiger partial charge < -0.3 is 4.90 Å². The summed E-state index contributed by atoms with van der Waals surface area (Å²) in [6.45, 7) is 0.196. The number of hydrogen-bond acceptors (Lipinski definition) is 4. The molecule has 0 atom stereocenters. The van der Waals surface area contributed by atoms with Gasteiger partial charge in [0, 0.05) is 13.2 Å². The molecular weight excluding hydrogens is 266 g/mol. The van der Waals surface area contributed by atoms with Gasteiger partial charge in [-0.25, -0.2) is 10.5 Å². The van der Waals surface area contributed by atoms with Crippen molar-refractivity contribution in [2.75, 3.05) is 18.5 Å². The fourth-order valence-corrected chi connectivity index (χ4v) is 2.19. The molecule has 0 aromatic carbocycles. The highest BCUT2D eigenvalue weighted by Crippen LogP contribution is 2.19. The lowest BCUT2D eigenvalue weighted by Gasteiger charge is -2.18. The van der Waals surface area contributed by atoms with Crippen molar-refractivity contribution in [2.24, 2.45) is 0 Å². The van der Waals surface area contributed by atoms with Crippen LogP contribution in [0.1, 0.15) is 25.7 Å². The maximum atomic E-state index is 11.7. The number of carbonyl (C=O) groups excluding carboxylic acids is 1. The second-order valence-electron chi connectivity index (χ2n) is 4.74. The van der Waals surface area contributed by atoms with Crippen molar-refractivity contribution in [3.8, 4) is 0 Å². The minimum Gasteiger partial charge on any atom is -0.350 e. The molecule has 0 bridgehead atoms. The third-order valence-electron chi connectivity index (χ3n) is 3.13. The minimum absolute atomic E-state index is 0.169. The molecule has 1 aliphatic rings. The van der Waals surface area contributed by atoms with Crippen molar-refractivity contribution in [2.45, 2.75) is 31.8 Å². The average molecular weight is 284 g/mol. The Bertz CT molecular complexity index is 418. The summed E-state index contributed by atoms with van der Waals surface area (Å²) in [5, 5.41) is 0.575. The molecule has 19 heavy (non-hydrogen) atoms. The lowest BCUT2D eigenvalue weighted by molar-refractivity contribution is -0.136. The fraction of sp³-hybridized carbons (Fsp3) is 0.538. The number of pyridine rings is 1. The largest absolute Gasteiger partial charge is 0.350 e. The van der Waals surface area contributed by atoms with Crippen LogP contribution in [0.2, 0.25) is 5.02 Å². The van der Waals surface area contributed by atoms with Crippen molar-refractivity contribution in [1.29, 1.82) is 0 Å². The van der Waals surface area contributed by atoms with Gasteiger partial charge in [0.2, 0.25) is 0 Å². The van der Waals surface area contributed by atoms with E-state index in [9.17, 15) is 4.79 Å². The molecule has 0 radical (unpaired) electrons. The van der Waals surface area contributed by atoms with Gasteiger partial charge in [-0.05, 0) is 25.0 Å². The van der Waals surface area contributed by atoms with Crippen molar-refractivity contribution < 1.29 is 9.63 Å². The van der Waals surface area contributed by atoms with Crippen molar-refractivity contribution in [1.82, 2.24) is 10.5 Å². The standard InChI is InChI=1S/C13H18ClN3O2/c1-17(12-7-6-10(14)8-15-12)9-13(18)16-19-11-4-2-3-5-11/h6-8,11H,2-5,9H2,1H3,(H,16,18). The molecule has 5 nitrogen and oxygen atoms in total. The normalized spacial score (nSPS) is 15.5. The number of amides is 1. The van der Waals surface area contributed by atoms with Gasteiger partial charge in [0.25, 0.3) is 5.91 Å². The number of hydroxylamine groups is 1. The van der Waals surface area contributed by atoms with Gasteiger partial charge >= 0.3 is 0 Å². The molecule has 0 aliphatic heterocycles. The average Bonchev–Trinajstić information content (AvgIpc) is 2.90. The fourth-order valence-electron chi connectivity index (χ4n) is 2.08. The van der Waals surface area contributed by atoms with Crippen LogP contribution in [0.25, 0.3) is 0 Å². The van der Waals surface area contributed by atoms with E-state index in [0.717, 1.165) is 12.8 Å². The zero-order valence-corrected chi connectivity index (χ0v) is 11.7. The Kier molecular flexibility index (Phi) is 4.99. The molecular formula is C13H18ClN3O2. The number of likely N-dealkylation sites (N-methyl/N-ethyl adjacent to an activating group) is 1. The predicted octanol–water partition coefficient (Wildman–Crippen LogP) is 2.16. The Balaban J connectivity index is 1.76. The second-order valence-corrected chi connectivity index (χ2v) is 5.18. The smallest absolute Gasteiger partial charge is 0.263 e. The van der Waals surface area contributed by atoms with E-state index in [2.05, 4.69) is 10.5 Å². The van der Waals surface area contributed by atoms with E-state index < -0.39 is 0 Å². The summed E-state index contributed by atoms with van der Waals surface area (Å²) < 4.78 is 0. The number of carbonyl (C=O) groups is 1. The van der Waals surface area contributed by atoms with Gasteiger partial charge in [0.05, 0.1) is 11.1 Å². The Morgan fingerprint density at radius 3 is 2.89 bits per heavy atom. The molecule has 1 fully saturated rings. The van der Waals surface area contributed by atoms with Gasteiger partial charge in [0.1, 0.15) is 12.4 Å². The highest BCUT2D eigenvalue weighted by molar-refractivity contribution is 6.30. The molecule has 2 rings (SSSR count). The number of rotatable bonds is 5. The predicted molar refractivity (Wildman–Crippen MR) is 74.0 cm³/mol. The van der Waals surface area contributed by atoms with E-state index in [0.29, 0.717) is 10.8 Å². The first-order valence-electron chi connectivity index (χ1n) is 6.42. The van der Waals surface area contributed by atoms with Gasteiger partial charge in [0.15, 0.2) is 0 Å². The van der Waals surface area contributed by atoms with Crippen LogP contribution in [0.5, 0.6) is 0 Å². The van der Waals surface area contributed by atoms with Crippen LogP contribution in [-0.4, -0.2) is 30.6 Å². The van der Waals surface area contributed by atoms with Crippen LogP contribution in [-0.2, 0) is 9.63 Å². The lowest BCUT2D eigenvalue weighted by atomic mass is 10.3. The third kappa shape index (κ3) is 4.36. The summed E-state index contributed by atoms with van der Waals surface area (Å²) in [4.78, 5) is 23.0. The van der Waals surface area contributed by atoms with Crippen molar-refractivity contribution in [3.05, 3.63) is 23.4 Å². The van der Waals surface area contributed by atoms with E-state index in [1.54, 1.807) is 30.3 Å². The lowest BCUT2D eigenvalue weighted by Crippen LogP contribution is -2.37. The maximum Gasteiger partial charge on any atom is 0.263 e. The quantitative estimate of drug-likeness (QED) is 0.842. The molecule has 0 saturated heterocycles. The highest BCUT2D eigenvalue weighted by atomic mass is 35.5. The van der Waals surface area contributed by atoms with Gasteiger partial charge in [-0.15, -0.1) is 0 Å². The van der Waals surface area contributed by atoms with Crippen LogP contribution >= 0.6 is 11.6 Å². The van der Waals surface area contributed by atoms with Crippen LogP contribution < -0.4 is 10.4 Å². The Morgan fingerprint density at radius 2 is 2.26 bits per heavy atom. The minimum atomic E-state index is -0.175. The van der Waals surface area contributed by atoms with E-state index in [1.807, 2.05) is 0 Å². The first kappa shape index (κ1) is 14.1. The monoisotopic (exact) mass is 283 g/mol. The summed E-state index contributed by atoms with van der Waals surface area (Å²) in [7, 11) is 1.80. The molecule has 104 valence electrons. The van der Waals surface area contributed by atoms with Crippen LogP contribution in [0.3, 0.4) is 0 Å². The van der Waals surface area contributed by atoms with Gasteiger partial charge in [-0.1, -0.05) is 24.4 Å². The zero-order chi connectivity index (χ0) is 13.7. The number of hydrogen-bond donors (Lipinski definition) is 1. The van der Waals surface area contributed by atoms with E-state index in [4.69, 9.17) is 16.4 Å². The van der Waals surface area contributed by atoms with E-state index in [-0.39, 0.29) is 18.6 Å². The molecule has 1 N–H and O–H groups in total. The molecule has 0 unspecified atom stereocenters. The zero-order valence-electron chi connectivity index (χ0n) is 10.9. The summed E-state index contributed by atoms with van der Waals surface area (Å²) in [5.41, 5.74) is 2.50. The second kappa shape index (κ2) is 6.73. The Morgan fingerprint density at radius 1 is 1.53 bits per heavy atom. The molecule has 1 amide bonds. The molecule has 1 aromatic rings. The van der Waals surface area contributed by atoms with Crippen molar-refractivity contribution >= 4 is 23.3 Å². The molecule has 1 saturated carbocycles. The summed E-state index contributed by atoms with van der Waals surface area (Å²) in [6.07, 6.45) is 6.12. The SMILES string of the molecule is CN(CC(=O)NOC1CCCC1)c1ccc(Cl)cn1. The van der Waals surface area contributed by atoms with Crippen LogP contribution in [0.4, 0.5) is 5.82 Å². The Hall–Kier alpha value is -1.33. The number of nitrogens with zero attached hydrogens (tertiary/aromatic N) is 2. The van der Waals surface area contributed by atoms with Crippen molar-refractivity contribution in [3.63, 3.8) is 0 Å². The van der Waals surface area contributed by atoms with E-state index in [1.165, 1.54) is 12.8 Å². The molecule has 1 aliphatic carbocycles.